The zero-order valence-electron chi connectivity index (χ0n) is 12.0. The van der Waals surface area contributed by atoms with Crippen LogP contribution in [0.1, 0.15) is 31.2 Å². The van der Waals surface area contributed by atoms with E-state index in [1.54, 1.807) is 12.1 Å². The highest BCUT2D eigenvalue weighted by molar-refractivity contribution is 6.00. The highest BCUT2D eigenvalue weighted by atomic mass is 19.3. The summed E-state index contributed by atoms with van der Waals surface area (Å²) in [5, 5.41) is 2.60. The van der Waals surface area contributed by atoms with Crippen LogP contribution >= 0.6 is 0 Å². The lowest BCUT2D eigenvalue weighted by Gasteiger charge is -2.39. The van der Waals surface area contributed by atoms with Gasteiger partial charge in [0.15, 0.2) is 0 Å². The van der Waals surface area contributed by atoms with Gasteiger partial charge in [-0.2, -0.15) is 0 Å². The molecule has 1 spiro atoms. The Labute approximate surface area is 126 Å². The Hall–Kier alpha value is -1.56. The van der Waals surface area contributed by atoms with Crippen LogP contribution in [-0.4, -0.2) is 31.0 Å². The van der Waals surface area contributed by atoms with Gasteiger partial charge >= 0.3 is 0 Å². The van der Waals surface area contributed by atoms with Gasteiger partial charge in [0.25, 0.3) is 5.92 Å². The van der Waals surface area contributed by atoms with Crippen molar-refractivity contribution in [2.24, 2.45) is 0 Å². The lowest BCUT2D eigenvalue weighted by Crippen LogP contribution is -2.47. The molecule has 1 saturated heterocycles. The molecule has 2 aliphatic heterocycles. The Morgan fingerprint density at radius 1 is 1.32 bits per heavy atom. The molecule has 0 bridgehead atoms. The van der Waals surface area contributed by atoms with Gasteiger partial charge in [-0.25, -0.2) is 13.2 Å². The van der Waals surface area contributed by atoms with Crippen molar-refractivity contribution < 1.29 is 18.0 Å². The molecule has 1 aliphatic carbocycles. The van der Waals surface area contributed by atoms with E-state index in [1.165, 1.54) is 11.0 Å². The van der Waals surface area contributed by atoms with Crippen LogP contribution in [0.3, 0.4) is 0 Å². The predicted molar refractivity (Wildman–Crippen MR) is 75.6 cm³/mol. The second-order valence-electron chi connectivity index (χ2n) is 6.69. The third-order valence-electron chi connectivity index (χ3n) is 5.26. The molecule has 2 fully saturated rings. The Morgan fingerprint density at radius 2 is 2.09 bits per heavy atom. The Balaban J connectivity index is 1.67. The van der Waals surface area contributed by atoms with E-state index in [1.807, 2.05) is 0 Å². The number of nitrogens with zero attached hydrogens (tertiary/aromatic N) is 1. The fourth-order valence-corrected chi connectivity index (χ4v) is 4.02. The predicted octanol–water partition coefficient (Wildman–Crippen LogP) is 2.59. The van der Waals surface area contributed by atoms with Gasteiger partial charge in [0.2, 0.25) is 5.91 Å². The van der Waals surface area contributed by atoms with Crippen LogP contribution in [0.25, 0.3) is 0 Å². The normalized spacial score (nSPS) is 27.8. The van der Waals surface area contributed by atoms with E-state index in [0.717, 1.165) is 19.3 Å². The minimum absolute atomic E-state index is 0.294. The van der Waals surface area contributed by atoms with Crippen molar-refractivity contribution in [3.8, 4) is 0 Å². The number of hydrogen-bond donors (Lipinski definition) is 1. The maximum absolute atomic E-state index is 14.3. The monoisotopic (exact) mass is 310 g/mol. The molecule has 3 aliphatic rings. The fourth-order valence-electron chi connectivity index (χ4n) is 4.02. The molecule has 1 unspecified atom stereocenters. The smallest absolute Gasteiger partial charge is 0.262 e. The molecule has 6 heteroatoms. The molecule has 0 radical (unpaired) electrons. The number of halogens is 3. The topological polar surface area (TPSA) is 32.3 Å². The van der Waals surface area contributed by atoms with Crippen molar-refractivity contribution in [1.82, 2.24) is 5.32 Å². The number of carbonyl (C=O) groups excluding carboxylic acids is 1. The molecule has 1 aromatic carbocycles. The maximum atomic E-state index is 14.3. The van der Waals surface area contributed by atoms with Crippen molar-refractivity contribution in [3.05, 3.63) is 29.6 Å². The maximum Gasteiger partial charge on any atom is 0.262 e. The summed E-state index contributed by atoms with van der Waals surface area (Å²) in [6.45, 7) is -0.0652. The lowest BCUT2D eigenvalue weighted by molar-refractivity contribution is -0.121. The summed E-state index contributed by atoms with van der Waals surface area (Å²) in [7, 11) is 0. The average molecular weight is 310 g/mol. The Morgan fingerprint density at radius 3 is 2.68 bits per heavy atom. The van der Waals surface area contributed by atoms with Crippen LogP contribution in [0, 0.1) is 5.82 Å². The summed E-state index contributed by atoms with van der Waals surface area (Å²) >= 11 is 0. The molecule has 3 nitrogen and oxygen atoms in total. The van der Waals surface area contributed by atoms with Crippen molar-refractivity contribution >= 4 is 11.6 Å². The first-order valence-corrected chi connectivity index (χ1v) is 7.64. The summed E-state index contributed by atoms with van der Waals surface area (Å²) < 4.78 is 40.9. The van der Waals surface area contributed by atoms with Crippen LogP contribution < -0.4 is 10.2 Å². The number of anilines is 1. The summed E-state index contributed by atoms with van der Waals surface area (Å²) in [5.74, 6) is -3.51. The van der Waals surface area contributed by atoms with Gasteiger partial charge in [-0.1, -0.05) is 12.5 Å². The van der Waals surface area contributed by atoms with Crippen LogP contribution in [0.5, 0.6) is 0 Å². The first-order chi connectivity index (χ1) is 10.4. The van der Waals surface area contributed by atoms with Gasteiger partial charge in [-0.3, -0.25) is 10.1 Å². The Bertz CT molecular complexity index is 642. The molecule has 2 heterocycles. The fraction of sp³-hybridized carbons (Fsp3) is 0.562. The molecule has 4 rings (SSSR count). The summed E-state index contributed by atoms with van der Waals surface area (Å²) in [4.78, 5) is 14.2. The van der Waals surface area contributed by atoms with E-state index in [9.17, 15) is 18.0 Å². The second-order valence-corrected chi connectivity index (χ2v) is 6.69. The van der Waals surface area contributed by atoms with Crippen LogP contribution in [0.15, 0.2) is 18.2 Å². The van der Waals surface area contributed by atoms with Crippen LogP contribution in [0.4, 0.5) is 18.9 Å². The molecule has 1 aromatic rings. The molecule has 1 amide bonds. The third-order valence-corrected chi connectivity index (χ3v) is 5.26. The third kappa shape index (κ3) is 1.89. The average Bonchev–Trinajstić information content (AvgIpc) is 2.96. The number of rotatable bonds is 1. The molecule has 0 aromatic heterocycles. The first kappa shape index (κ1) is 14.1. The van der Waals surface area contributed by atoms with Crippen molar-refractivity contribution in [3.63, 3.8) is 0 Å². The molecular weight excluding hydrogens is 293 g/mol. The zero-order chi connectivity index (χ0) is 15.5. The van der Waals surface area contributed by atoms with E-state index in [4.69, 9.17) is 0 Å². The number of hydrogen-bond acceptors (Lipinski definition) is 2. The number of nitrogens with one attached hydrogen (secondary N) is 1. The first-order valence-electron chi connectivity index (χ1n) is 7.64. The number of carbonyl (C=O) groups is 1. The van der Waals surface area contributed by atoms with E-state index in [-0.39, 0.29) is 17.1 Å². The summed E-state index contributed by atoms with van der Waals surface area (Å²) in [6.07, 6.45) is 2.22. The van der Waals surface area contributed by atoms with Crippen LogP contribution in [0.2, 0.25) is 0 Å². The van der Waals surface area contributed by atoms with Crippen molar-refractivity contribution in [2.45, 2.75) is 43.1 Å². The second kappa shape index (κ2) is 4.47. The molecular formula is C16H17F3N2O. The number of amides is 1. The molecule has 118 valence electrons. The van der Waals surface area contributed by atoms with Crippen molar-refractivity contribution in [1.29, 1.82) is 0 Å². The van der Waals surface area contributed by atoms with Crippen LogP contribution in [-0.2, 0) is 10.2 Å². The van der Waals surface area contributed by atoms with E-state index < -0.39 is 24.9 Å². The zero-order valence-corrected chi connectivity index (χ0v) is 12.0. The lowest BCUT2D eigenvalue weighted by atomic mass is 9.65. The van der Waals surface area contributed by atoms with E-state index in [2.05, 4.69) is 5.32 Å². The largest absolute Gasteiger partial charge is 0.310 e. The van der Waals surface area contributed by atoms with Crippen molar-refractivity contribution in [2.75, 3.05) is 18.0 Å². The van der Waals surface area contributed by atoms with E-state index in [0.29, 0.717) is 17.8 Å². The molecule has 22 heavy (non-hydrogen) atoms. The summed E-state index contributed by atoms with van der Waals surface area (Å²) in [6, 6.07) is 3.81. The molecule has 1 N–H and O–H groups in total. The number of fused-ring (bicyclic) bond motifs is 2. The quantitative estimate of drug-likeness (QED) is 0.865. The van der Waals surface area contributed by atoms with Gasteiger partial charge < -0.3 is 4.90 Å². The minimum Gasteiger partial charge on any atom is -0.310 e. The Kier molecular flexibility index (Phi) is 2.86. The standard InChI is InChI=1S/C16H17F3N2O/c17-10-3-1-4-12-13(10)15(5-2-6-15)9-21(12)14(22)11-7-16(18,19)8-20-11/h1,3-4,11,20H,2,5-9H2. The molecule has 1 saturated carbocycles. The molecule has 1 atom stereocenters. The van der Waals surface area contributed by atoms with Gasteiger partial charge in [-0.15, -0.1) is 0 Å². The summed E-state index contributed by atoms with van der Waals surface area (Å²) in [5.41, 5.74) is 0.846. The number of alkyl halides is 2. The van der Waals surface area contributed by atoms with Gasteiger partial charge in [0.1, 0.15) is 5.82 Å². The van der Waals surface area contributed by atoms with Gasteiger partial charge in [0, 0.05) is 23.9 Å². The van der Waals surface area contributed by atoms with E-state index >= 15 is 0 Å². The number of benzene rings is 1. The van der Waals surface area contributed by atoms with Gasteiger partial charge in [0.05, 0.1) is 18.3 Å². The minimum atomic E-state index is -2.85. The highest BCUT2D eigenvalue weighted by Crippen LogP contribution is 2.53. The SMILES string of the molecule is O=C(C1CC(F)(F)CN1)N1CC2(CCC2)c2c(F)cccc21. The highest BCUT2D eigenvalue weighted by Gasteiger charge is 2.52. The van der Waals surface area contributed by atoms with Gasteiger partial charge in [-0.05, 0) is 25.0 Å².